The second-order valence-corrected chi connectivity index (χ2v) is 6.23. The summed E-state index contributed by atoms with van der Waals surface area (Å²) in [4.78, 5) is 0. The van der Waals surface area contributed by atoms with Gasteiger partial charge in [0.05, 0.1) is 5.56 Å². The Morgan fingerprint density at radius 1 is 1.14 bits per heavy atom. The molecule has 106 valence electrons. The van der Waals surface area contributed by atoms with Crippen LogP contribution in [-0.2, 0) is 0 Å². The van der Waals surface area contributed by atoms with Gasteiger partial charge in [0.25, 0.3) is 0 Å². The maximum absolute atomic E-state index is 5.97. The standard InChI is InChI=1S/C16H12ClIN2O/c1-9-3-2-4-12(14(9)18)15-13(16(19)21-20-15)10-5-7-11(17)8-6-10/h2-8H,19H2,1H3. The van der Waals surface area contributed by atoms with Gasteiger partial charge in [0, 0.05) is 14.2 Å². The van der Waals surface area contributed by atoms with Crippen LogP contribution < -0.4 is 5.73 Å². The summed E-state index contributed by atoms with van der Waals surface area (Å²) in [5.74, 6) is 0.310. The fourth-order valence-corrected chi connectivity index (χ4v) is 2.95. The molecule has 5 heteroatoms. The number of aromatic nitrogens is 1. The number of nitrogens with two attached hydrogens (primary N) is 1. The number of aryl methyl sites for hydroxylation is 1. The Morgan fingerprint density at radius 2 is 1.86 bits per heavy atom. The van der Waals surface area contributed by atoms with Gasteiger partial charge in [-0.2, -0.15) is 0 Å². The lowest BCUT2D eigenvalue weighted by molar-refractivity contribution is 0.439. The minimum absolute atomic E-state index is 0.310. The minimum atomic E-state index is 0.310. The molecule has 0 bridgehead atoms. The quantitative estimate of drug-likeness (QED) is 0.594. The van der Waals surface area contributed by atoms with Gasteiger partial charge in [-0.1, -0.05) is 47.1 Å². The smallest absolute Gasteiger partial charge is 0.230 e. The number of hydrogen-bond donors (Lipinski definition) is 1. The molecule has 3 aromatic rings. The molecule has 2 N–H and O–H groups in total. The molecule has 0 fully saturated rings. The van der Waals surface area contributed by atoms with Gasteiger partial charge in [0.1, 0.15) is 5.69 Å². The molecule has 0 saturated carbocycles. The summed E-state index contributed by atoms with van der Waals surface area (Å²) < 4.78 is 6.36. The largest absolute Gasteiger partial charge is 0.367 e. The second-order valence-electron chi connectivity index (χ2n) is 4.71. The molecule has 2 aromatic carbocycles. The third-order valence-corrected chi connectivity index (χ3v) is 4.98. The average Bonchev–Trinajstić information content (AvgIpc) is 2.85. The van der Waals surface area contributed by atoms with Crippen molar-refractivity contribution in [1.29, 1.82) is 0 Å². The molecule has 3 nitrogen and oxygen atoms in total. The van der Waals surface area contributed by atoms with Gasteiger partial charge in [-0.25, -0.2) is 0 Å². The van der Waals surface area contributed by atoms with E-state index >= 15 is 0 Å². The molecule has 0 radical (unpaired) electrons. The third-order valence-electron chi connectivity index (χ3n) is 3.30. The molecule has 0 aliphatic rings. The van der Waals surface area contributed by atoms with E-state index in [0.29, 0.717) is 10.9 Å². The molecule has 0 aliphatic carbocycles. The van der Waals surface area contributed by atoms with Crippen molar-refractivity contribution in [3.8, 4) is 22.4 Å². The predicted molar refractivity (Wildman–Crippen MR) is 94.3 cm³/mol. The third kappa shape index (κ3) is 2.65. The Kier molecular flexibility index (Phi) is 3.91. The van der Waals surface area contributed by atoms with Gasteiger partial charge in [-0.15, -0.1) is 0 Å². The normalized spacial score (nSPS) is 10.8. The van der Waals surface area contributed by atoms with Gasteiger partial charge in [-0.3, -0.25) is 0 Å². The zero-order valence-corrected chi connectivity index (χ0v) is 14.1. The van der Waals surface area contributed by atoms with Crippen molar-refractivity contribution < 1.29 is 4.52 Å². The van der Waals surface area contributed by atoms with E-state index in [1.54, 1.807) is 0 Å². The lowest BCUT2D eigenvalue weighted by Crippen LogP contribution is -1.91. The Labute approximate surface area is 141 Å². The zero-order valence-electron chi connectivity index (χ0n) is 11.2. The van der Waals surface area contributed by atoms with E-state index in [0.717, 1.165) is 26.0 Å². The number of halogens is 2. The SMILES string of the molecule is Cc1cccc(-c2noc(N)c2-c2ccc(Cl)cc2)c1I. The summed E-state index contributed by atoms with van der Waals surface area (Å²) >= 11 is 8.26. The zero-order chi connectivity index (χ0) is 15.0. The van der Waals surface area contributed by atoms with E-state index in [1.165, 1.54) is 5.56 Å². The van der Waals surface area contributed by atoms with Gasteiger partial charge in [0.15, 0.2) is 0 Å². The van der Waals surface area contributed by atoms with Crippen LogP contribution in [0, 0.1) is 10.5 Å². The van der Waals surface area contributed by atoms with Crippen LogP contribution in [0.25, 0.3) is 22.4 Å². The van der Waals surface area contributed by atoms with Crippen molar-refractivity contribution in [2.24, 2.45) is 0 Å². The Hall–Kier alpha value is -1.53. The number of rotatable bonds is 2. The van der Waals surface area contributed by atoms with Crippen molar-refractivity contribution in [1.82, 2.24) is 5.16 Å². The van der Waals surface area contributed by atoms with Crippen molar-refractivity contribution in [2.75, 3.05) is 5.73 Å². The van der Waals surface area contributed by atoms with E-state index < -0.39 is 0 Å². The number of nitrogens with zero attached hydrogens (tertiary/aromatic N) is 1. The molecular formula is C16H12ClIN2O. The van der Waals surface area contributed by atoms with Gasteiger partial charge in [0.2, 0.25) is 5.88 Å². The maximum atomic E-state index is 5.97. The van der Waals surface area contributed by atoms with Crippen LogP contribution in [0.5, 0.6) is 0 Å². The van der Waals surface area contributed by atoms with Gasteiger partial charge < -0.3 is 10.3 Å². The molecule has 0 unspecified atom stereocenters. The molecule has 0 aliphatic heterocycles. The van der Waals surface area contributed by atoms with Gasteiger partial charge >= 0.3 is 0 Å². The topological polar surface area (TPSA) is 52.0 Å². The van der Waals surface area contributed by atoms with E-state index in [1.807, 2.05) is 36.4 Å². The van der Waals surface area contributed by atoms with Crippen LogP contribution >= 0.6 is 34.2 Å². The summed E-state index contributed by atoms with van der Waals surface area (Å²) in [5, 5.41) is 4.83. The highest BCUT2D eigenvalue weighted by molar-refractivity contribution is 14.1. The van der Waals surface area contributed by atoms with Crippen LogP contribution in [0.3, 0.4) is 0 Å². The summed E-state index contributed by atoms with van der Waals surface area (Å²) in [5.41, 5.74) is 10.7. The molecule has 0 saturated heterocycles. The summed E-state index contributed by atoms with van der Waals surface area (Å²) in [6.45, 7) is 2.07. The monoisotopic (exact) mass is 410 g/mol. The molecule has 1 heterocycles. The molecule has 0 atom stereocenters. The van der Waals surface area contributed by atoms with Crippen molar-refractivity contribution in [2.45, 2.75) is 6.92 Å². The fraction of sp³-hybridized carbons (Fsp3) is 0.0625. The Bertz CT molecular complexity index is 797. The number of hydrogen-bond acceptors (Lipinski definition) is 3. The van der Waals surface area contributed by atoms with Crippen LogP contribution in [-0.4, -0.2) is 5.16 Å². The number of anilines is 1. The van der Waals surface area contributed by atoms with E-state index in [2.05, 4.69) is 40.7 Å². The van der Waals surface area contributed by atoms with E-state index in [9.17, 15) is 0 Å². The van der Waals surface area contributed by atoms with Crippen molar-refractivity contribution in [3.05, 3.63) is 56.6 Å². The van der Waals surface area contributed by atoms with Crippen molar-refractivity contribution in [3.63, 3.8) is 0 Å². The Morgan fingerprint density at radius 3 is 2.57 bits per heavy atom. The highest BCUT2D eigenvalue weighted by Crippen LogP contribution is 2.38. The van der Waals surface area contributed by atoms with Crippen LogP contribution in [0.15, 0.2) is 47.0 Å². The number of benzene rings is 2. The average molecular weight is 411 g/mol. The van der Waals surface area contributed by atoms with Crippen LogP contribution in [0.2, 0.25) is 5.02 Å². The van der Waals surface area contributed by atoms with E-state index in [4.69, 9.17) is 21.9 Å². The molecule has 0 spiro atoms. The van der Waals surface area contributed by atoms with E-state index in [-0.39, 0.29) is 0 Å². The fourth-order valence-electron chi connectivity index (χ4n) is 2.21. The minimum Gasteiger partial charge on any atom is -0.367 e. The first-order chi connectivity index (χ1) is 10.1. The summed E-state index contributed by atoms with van der Waals surface area (Å²) in [7, 11) is 0. The van der Waals surface area contributed by atoms with Crippen LogP contribution in [0.1, 0.15) is 5.56 Å². The Balaban J connectivity index is 2.22. The molecular weight excluding hydrogens is 399 g/mol. The molecule has 21 heavy (non-hydrogen) atoms. The first-order valence-electron chi connectivity index (χ1n) is 6.34. The van der Waals surface area contributed by atoms with Gasteiger partial charge in [-0.05, 0) is 52.8 Å². The lowest BCUT2D eigenvalue weighted by Gasteiger charge is -2.07. The predicted octanol–water partition coefficient (Wildman–Crippen LogP) is 5.16. The summed E-state index contributed by atoms with van der Waals surface area (Å²) in [6, 6.07) is 13.6. The van der Waals surface area contributed by atoms with Crippen molar-refractivity contribution >= 4 is 40.1 Å². The molecule has 3 rings (SSSR count). The number of nitrogen functional groups attached to an aromatic ring is 1. The highest BCUT2D eigenvalue weighted by atomic mass is 127. The lowest BCUT2D eigenvalue weighted by atomic mass is 10.00. The van der Waals surface area contributed by atoms with Crippen LogP contribution in [0.4, 0.5) is 5.88 Å². The maximum Gasteiger partial charge on any atom is 0.230 e. The first-order valence-corrected chi connectivity index (χ1v) is 7.80. The second kappa shape index (κ2) is 5.69. The summed E-state index contributed by atoms with van der Waals surface area (Å²) in [6.07, 6.45) is 0. The molecule has 1 aromatic heterocycles. The first kappa shape index (κ1) is 14.4. The molecule has 0 amide bonds. The highest BCUT2D eigenvalue weighted by Gasteiger charge is 2.19.